The molecular formula is C16H16N2O3. The second kappa shape index (κ2) is 6.17. The quantitative estimate of drug-likeness (QED) is 0.475. The average Bonchev–Trinajstić information content (AvgIpc) is 2.50. The minimum Gasteiger partial charge on any atom is -0.341 e. The van der Waals surface area contributed by atoms with Gasteiger partial charge >= 0.3 is 0 Å². The molecule has 0 spiro atoms. The Kier molecular flexibility index (Phi) is 4.33. The van der Waals surface area contributed by atoms with Crippen molar-refractivity contribution in [1.82, 2.24) is 0 Å². The van der Waals surface area contributed by atoms with Crippen LogP contribution in [-0.4, -0.2) is 17.8 Å². The van der Waals surface area contributed by atoms with Crippen LogP contribution < -0.4 is 4.90 Å². The predicted octanol–water partition coefficient (Wildman–Crippen LogP) is 3.87. The fourth-order valence-electron chi connectivity index (χ4n) is 2.21. The van der Waals surface area contributed by atoms with E-state index >= 15 is 0 Å². The summed E-state index contributed by atoms with van der Waals surface area (Å²) in [7, 11) is 0. The van der Waals surface area contributed by atoms with E-state index in [-0.39, 0.29) is 5.69 Å². The lowest BCUT2D eigenvalue weighted by Crippen LogP contribution is -2.17. The minimum atomic E-state index is -0.501. The van der Waals surface area contributed by atoms with E-state index in [9.17, 15) is 14.9 Å². The van der Waals surface area contributed by atoms with E-state index in [1.54, 1.807) is 6.07 Å². The summed E-state index contributed by atoms with van der Waals surface area (Å²) < 4.78 is 0. The number of carbonyl (C=O) groups is 1. The first-order valence-electron chi connectivity index (χ1n) is 6.64. The number of hydrogen-bond acceptors (Lipinski definition) is 4. The van der Waals surface area contributed by atoms with Gasteiger partial charge in [-0.1, -0.05) is 17.7 Å². The number of rotatable bonds is 5. The first kappa shape index (κ1) is 14.7. The van der Waals surface area contributed by atoms with Gasteiger partial charge in [-0.15, -0.1) is 0 Å². The van der Waals surface area contributed by atoms with E-state index < -0.39 is 4.92 Å². The number of carbonyl (C=O) groups excluding carboxylic acids is 1. The Balaban J connectivity index is 2.49. The molecule has 2 rings (SSSR count). The van der Waals surface area contributed by atoms with Gasteiger partial charge in [0, 0.05) is 29.9 Å². The summed E-state index contributed by atoms with van der Waals surface area (Å²) in [4.78, 5) is 23.5. The predicted molar refractivity (Wildman–Crippen MR) is 82.3 cm³/mol. The van der Waals surface area contributed by atoms with Crippen molar-refractivity contribution in [3.63, 3.8) is 0 Å². The molecule has 0 saturated carbocycles. The molecule has 0 unspecified atom stereocenters. The lowest BCUT2D eigenvalue weighted by Gasteiger charge is -2.24. The number of aldehydes is 1. The number of non-ortho nitro benzene ring substituents is 1. The first-order chi connectivity index (χ1) is 10.1. The maximum absolute atomic E-state index is 11.3. The number of benzene rings is 2. The summed E-state index contributed by atoms with van der Waals surface area (Å²) in [6, 6.07) is 12.3. The Morgan fingerprint density at radius 1 is 1.19 bits per heavy atom. The van der Waals surface area contributed by atoms with Crippen LogP contribution >= 0.6 is 0 Å². The van der Waals surface area contributed by atoms with Crippen molar-refractivity contribution in [2.75, 3.05) is 11.4 Å². The van der Waals surface area contributed by atoms with Gasteiger partial charge < -0.3 is 4.90 Å². The lowest BCUT2D eigenvalue weighted by molar-refractivity contribution is -0.384. The zero-order valence-corrected chi connectivity index (χ0v) is 11.9. The third-order valence-electron chi connectivity index (χ3n) is 3.30. The third kappa shape index (κ3) is 3.08. The van der Waals surface area contributed by atoms with E-state index in [4.69, 9.17) is 0 Å². The third-order valence-corrected chi connectivity index (χ3v) is 3.30. The fraction of sp³-hybridized carbons (Fsp3) is 0.188. The summed E-state index contributed by atoms with van der Waals surface area (Å²) in [5, 5.41) is 10.8. The lowest BCUT2D eigenvalue weighted by atomic mass is 10.1. The van der Waals surface area contributed by atoms with E-state index in [2.05, 4.69) is 0 Å². The van der Waals surface area contributed by atoms with Crippen molar-refractivity contribution < 1.29 is 9.72 Å². The zero-order chi connectivity index (χ0) is 15.4. The maximum Gasteiger partial charge on any atom is 0.270 e. The van der Waals surface area contributed by atoms with Crippen LogP contribution in [0.2, 0.25) is 0 Å². The molecule has 0 aliphatic rings. The van der Waals surface area contributed by atoms with Gasteiger partial charge in [-0.3, -0.25) is 14.9 Å². The molecular weight excluding hydrogens is 268 g/mol. The van der Waals surface area contributed by atoms with Crippen LogP contribution in [0, 0.1) is 17.0 Å². The molecule has 21 heavy (non-hydrogen) atoms. The van der Waals surface area contributed by atoms with Crippen LogP contribution in [-0.2, 0) is 0 Å². The molecule has 0 fully saturated rings. The highest BCUT2D eigenvalue weighted by Gasteiger charge is 2.15. The molecule has 0 atom stereocenters. The molecule has 0 saturated heterocycles. The van der Waals surface area contributed by atoms with Gasteiger partial charge in [0.05, 0.1) is 10.6 Å². The molecule has 2 aromatic carbocycles. The number of hydrogen-bond donors (Lipinski definition) is 0. The second-order valence-electron chi connectivity index (χ2n) is 4.70. The van der Waals surface area contributed by atoms with Crippen LogP contribution in [0.25, 0.3) is 0 Å². The smallest absolute Gasteiger partial charge is 0.270 e. The fourth-order valence-corrected chi connectivity index (χ4v) is 2.21. The highest BCUT2D eigenvalue weighted by Crippen LogP contribution is 2.30. The molecule has 0 bridgehead atoms. The highest BCUT2D eigenvalue weighted by atomic mass is 16.6. The SMILES string of the molecule is CCN(c1ccc(C)cc1)c1ccc([N+](=O)[O-])cc1C=O. The Labute approximate surface area is 123 Å². The molecule has 0 aromatic heterocycles. The molecule has 5 nitrogen and oxygen atoms in total. The van der Waals surface area contributed by atoms with Crippen molar-refractivity contribution in [2.45, 2.75) is 13.8 Å². The summed E-state index contributed by atoms with van der Waals surface area (Å²) in [6.07, 6.45) is 0.652. The van der Waals surface area contributed by atoms with Crippen LogP contribution in [0.4, 0.5) is 17.1 Å². The number of nitrogens with zero attached hydrogens (tertiary/aromatic N) is 2. The van der Waals surface area contributed by atoms with Crippen LogP contribution in [0.5, 0.6) is 0 Å². The van der Waals surface area contributed by atoms with E-state index in [0.29, 0.717) is 24.1 Å². The summed E-state index contributed by atoms with van der Waals surface area (Å²) >= 11 is 0. The standard InChI is InChI=1S/C16H16N2O3/c1-3-17(14-6-4-12(2)5-7-14)16-9-8-15(18(20)21)10-13(16)11-19/h4-11H,3H2,1-2H3. The van der Waals surface area contributed by atoms with Crippen molar-refractivity contribution in [3.8, 4) is 0 Å². The molecule has 0 heterocycles. The summed E-state index contributed by atoms with van der Waals surface area (Å²) in [5.41, 5.74) is 2.99. The van der Waals surface area contributed by atoms with Crippen LogP contribution in [0.15, 0.2) is 42.5 Å². The van der Waals surface area contributed by atoms with Gasteiger partial charge in [-0.2, -0.15) is 0 Å². The Morgan fingerprint density at radius 3 is 2.38 bits per heavy atom. The molecule has 0 radical (unpaired) electrons. The van der Waals surface area contributed by atoms with Crippen molar-refractivity contribution in [1.29, 1.82) is 0 Å². The maximum atomic E-state index is 11.3. The van der Waals surface area contributed by atoms with Gasteiger partial charge in [0.25, 0.3) is 5.69 Å². The topological polar surface area (TPSA) is 63.4 Å². The highest BCUT2D eigenvalue weighted by molar-refractivity contribution is 5.88. The largest absolute Gasteiger partial charge is 0.341 e. The normalized spacial score (nSPS) is 10.2. The van der Waals surface area contributed by atoms with Crippen LogP contribution in [0.3, 0.4) is 0 Å². The molecule has 5 heteroatoms. The van der Waals surface area contributed by atoms with E-state index in [0.717, 1.165) is 11.3 Å². The Hall–Kier alpha value is -2.69. The van der Waals surface area contributed by atoms with Crippen molar-refractivity contribution in [3.05, 3.63) is 63.7 Å². The Bertz CT molecular complexity index is 666. The molecule has 0 aliphatic carbocycles. The molecule has 2 aromatic rings. The molecule has 0 N–H and O–H groups in total. The zero-order valence-electron chi connectivity index (χ0n) is 11.9. The summed E-state index contributed by atoms with van der Waals surface area (Å²) in [6.45, 7) is 4.63. The number of anilines is 2. The Morgan fingerprint density at radius 2 is 1.86 bits per heavy atom. The van der Waals surface area contributed by atoms with Gasteiger partial charge in [0.15, 0.2) is 6.29 Å². The second-order valence-corrected chi connectivity index (χ2v) is 4.70. The van der Waals surface area contributed by atoms with Crippen molar-refractivity contribution in [2.24, 2.45) is 0 Å². The monoisotopic (exact) mass is 284 g/mol. The minimum absolute atomic E-state index is 0.0826. The van der Waals surface area contributed by atoms with Crippen molar-refractivity contribution >= 4 is 23.3 Å². The molecule has 108 valence electrons. The van der Waals surface area contributed by atoms with Crippen LogP contribution in [0.1, 0.15) is 22.8 Å². The number of nitro benzene ring substituents is 1. The van der Waals surface area contributed by atoms with Gasteiger partial charge in [-0.05, 0) is 32.0 Å². The van der Waals surface area contributed by atoms with Gasteiger partial charge in [0.1, 0.15) is 0 Å². The summed E-state index contributed by atoms with van der Waals surface area (Å²) in [5.74, 6) is 0. The van der Waals surface area contributed by atoms with Gasteiger partial charge in [0.2, 0.25) is 0 Å². The number of nitro groups is 1. The van der Waals surface area contributed by atoms with E-state index in [1.807, 2.05) is 43.0 Å². The van der Waals surface area contributed by atoms with E-state index in [1.165, 1.54) is 12.1 Å². The van der Waals surface area contributed by atoms with Gasteiger partial charge in [-0.25, -0.2) is 0 Å². The first-order valence-corrected chi connectivity index (χ1v) is 6.64. The molecule has 0 amide bonds. The molecule has 0 aliphatic heterocycles. The number of aryl methyl sites for hydroxylation is 1. The average molecular weight is 284 g/mol.